The summed E-state index contributed by atoms with van der Waals surface area (Å²) in [7, 11) is 2.16. The number of aromatic nitrogens is 2. The highest BCUT2D eigenvalue weighted by molar-refractivity contribution is 5.57. The molecule has 0 radical (unpaired) electrons. The molecule has 1 saturated heterocycles. The molecule has 5 heteroatoms. The molecule has 116 valence electrons. The monoisotopic (exact) mass is 289 g/mol. The van der Waals surface area contributed by atoms with Crippen LogP contribution in [0.5, 0.6) is 0 Å². The fourth-order valence-electron chi connectivity index (χ4n) is 3.20. The van der Waals surface area contributed by atoms with Crippen LogP contribution in [0.2, 0.25) is 0 Å². The second kappa shape index (κ2) is 5.79. The van der Waals surface area contributed by atoms with E-state index in [-0.39, 0.29) is 0 Å². The third-order valence-corrected chi connectivity index (χ3v) is 5.00. The minimum absolute atomic E-state index is 0.544. The summed E-state index contributed by atoms with van der Waals surface area (Å²) in [6.45, 7) is 7.79. The summed E-state index contributed by atoms with van der Waals surface area (Å²) in [5, 5.41) is 0. The molecule has 0 amide bonds. The van der Waals surface area contributed by atoms with Crippen LogP contribution < -0.4 is 10.6 Å². The van der Waals surface area contributed by atoms with E-state index >= 15 is 0 Å². The molecule has 1 saturated carbocycles. The highest BCUT2D eigenvalue weighted by Crippen LogP contribution is 2.40. The first kappa shape index (κ1) is 14.6. The van der Waals surface area contributed by atoms with Crippen molar-refractivity contribution in [2.75, 3.05) is 37.3 Å². The predicted molar refractivity (Wildman–Crippen MR) is 86.7 cm³/mol. The lowest BCUT2D eigenvalue weighted by molar-refractivity contribution is 0.220. The zero-order valence-corrected chi connectivity index (χ0v) is 13.5. The Bertz CT molecular complexity index is 504. The second-order valence-electron chi connectivity index (χ2n) is 6.47. The molecule has 2 heterocycles. The summed E-state index contributed by atoms with van der Waals surface area (Å²) in [4.78, 5) is 14.2. The highest BCUT2D eigenvalue weighted by atomic mass is 15.2. The van der Waals surface area contributed by atoms with Crippen molar-refractivity contribution in [1.82, 2.24) is 14.9 Å². The van der Waals surface area contributed by atoms with Crippen molar-refractivity contribution < 1.29 is 0 Å². The maximum atomic E-state index is 6.11. The Morgan fingerprint density at radius 3 is 2.43 bits per heavy atom. The Labute approximate surface area is 127 Å². The van der Waals surface area contributed by atoms with Gasteiger partial charge in [0.15, 0.2) is 0 Å². The van der Waals surface area contributed by atoms with Crippen LogP contribution in [-0.2, 0) is 0 Å². The molecule has 0 spiro atoms. The summed E-state index contributed by atoms with van der Waals surface area (Å²) in [6, 6.07) is 0.563. The number of nitrogens with two attached hydrogens (primary N) is 1. The van der Waals surface area contributed by atoms with Gasteiger partial charge in [0.2, 0.25) is 0 Å². The van der Waals surface area contributed by atoms with Crippen LogP contribution >= 0.6 is 0 Å². The van der Waals surface area contributed by atoms with Gasteiger partial charge in [-0.3, -0.25) is 0 Å². The molecule has 2 fully saturated rings. The molecule has 0 bridgehead atoms. The summed E-state index contributed by atoms with van der Waals surface area (Å²) in [5.41, 5.74) is 7.14. The molecule has 2 N–H and O–H groups in total. The Hall–Kier alpha value is -1.36. The molecule has 0 unspecified atom stereocenters. The Kier molecular flexibility index (Phi) is 4.02. The van der Waals surface area contributed by atoms with Crippen LogP contribution in [0.15, 0.2) is 0 Å². The quantitative estimate of drug-likeness (QED) is 0.920. The van der Waals surface area contributed by atoms with Crippen LogP contribution in [0, 0.1) is 6.92 Å². The molecule has 0 atom stereocenters. The average Bonchev–Trinajstić information content (AvgIpc) is 3.34. The minimum atomic E-state index is 0.544. The zero-order chi connectivity index (χ0) is 15.0. The van der Waals surface area contributed by atoms with Crippen molar-refractivity contribution in [2.24, 2.45) is 0 Å². The molecular weight excluding hydrogens is 262 g/mol. The van der Waals surface area contributed by atoms with Gasteiger partial charge in [-0.05, 0) is 39.2 Å². The Morgan fingerprint density at radius 2 is 1.86 bits per heavy atom. The van der Waals surface area contributed by atoms with Gasteiger partial charge in [-0.15, -0.1) is 0 Å². The van der Waals surface area contributed by atoms with Gasteiger partial charge < -0.3 is 15.5 Å². The third kappa shape index (κ3) is 2.98. The number of nitrogens with zero attached hydrogens (tertiary/aromatic N) is 4. The average molecular weight is 289 g/mol. The van der Waals surface area contributed by atoms with Crippen LogP contribution in [0.1, 0.15) is 49.9 Å². The molecule has 1 aromatic heterocycles. The zero-order valence-electron chi connectivity index (χ0n) is 13.5. The summed E-state index contributed by atoms with van der Waals surface area (Å²) < 4.78 is 0. The summed E-state index contributed by atoms with van der Waals surface area (Å²) >= 11 is 0. The molecule has 1 aliphatic carbocycles. The molecule has 2 aliphatic rings. The van der Waals surface area contributed by atoms with Crippen LogP contribution in [0.3, 0.4) is 0 Å². The molecule has 3 rings (SSSR count). The van der Waals surface area contributed by atoms with E-state index in [1.165, 1.54) is 38.8 Å². The van der Waals surface area contributed by atoms with E-state index in [0.717, 1.165) is 23.8 Å². The SMILES string of the molecule is CCN1CCC(N(C)c2nc(C3CC3)nc(N)c2C)CC1. The smallest absolute Gasteiger partial charge is 0.137 e. The fraction of sp³-hybridized carbons (Fsp3) is 0.750. The van der Waals surface area contributed by atoms with E-state index in [4.69, 9.17) is 10.7 Å². The summed E-state index contributed by atoms with van der Waals surface area (Å²) in [5.74, 6) is 3.19. The van der Waals surface area contributed by atoms with Crippen molar-refractivity contribution in [3.8, 4) is 0 Å². The van der Waals surface area contributed by atoms with Gasteiger partial charge in [-0.2, -0.15) is 0 Å². The van der Waals surface area contributed by atoms with Gasteiger partial charge in [0.25, 0.3) is 0 Å². The largest absolute Gasteiger partial charge is 0.383 e. The van der Waals surface area contributed by atoms with Gasteiger partial charge in [0.05, 0.1) is 0 Å². The number of piperidine rings is 1. The lowest BCUT2D eigenvalue weighted by atomic mass is 10.0. The topological polar surface area (TPSA) is 58.3 Å². The van der Waals surface area contributed by atoms with Crippen molar-refractivity contribution >= 4 is 11.6 Å². The third-order valence-electron chi connectivity index (χ3n) is 5.00. The van der Waals surface area contributed by atoms with Crippen LogP contribution in [0.25, 0.3) is 0 Å². The normalized spacial score (nSPS) is 20.7. The Balaban J connectivity index is 1.79. The maximum Gasteiger partial charge on any atom is 0.137 e. The first-order valence-corrected chi connectivity index (χ1v) is 8.19. The van der Waals surface area contributed by atoms with Gasteiger partial charge in [-0.25, -0.2) is 9.97 Å². The van der Waals surface area contributed by atoms with Gasteiger partial charge in [0.1, 0.15) is 17.5 Å². The molecular formula is C16H27N5. The van der Waals surface area contributed by atoms with Gasteiger partial charge in [-0.1, -0.05) is 6.92 Å². The number of rotatable bonds is 4. The van der Waals surface area contributed by atoms with Crippen molar-refractivity contribution in [3.63, 3.8) is 0 Å². The molecule has 0 aromatic carbocycles. The molecule has 21 heavy (non-hydrogen) atoms. The van der Waals surface area contributed by atoms with Crippen molar-refractivity contribution in [2.45, 2.75) is 51.5 Å². The van der Waals surface area contributed by atoms with Crippen molar-refractivity contribution in [3.05, 3.63) is 11.4 Å². The predicted octanol–water partition coefficient (Wildman–Crippen LogP) is 2.17. The first-order chi connectivity index (χ1) is 10.1. The van der Waals surface area contributed by atoms with Gasteiger partial charge >= 0.3 is 0 Å². The number of hydrogen-bond acceptors (Lipinski definition) is 5. The number of hydrogen-bond donors (Lipinski definition) is 1. The molecule has 1 aromatic rings. The highest BCUT2D eigenvalue weighted by Gasteiger charge is 2.30. The van der Waals surface area contributed by atoms with E-state index in [0.29, 0.717) is 17.8 Å². The van der Waals surface area contributed by atoms with E-state index in [2.05, 4.69) is 28.8 Å². The number of anilines is 2. The van der Waals surface area contributed by atoms with E-state index in [9.17, 15) is 0 Å². The lowest BCUT2D eigenvalue weighted by Crippen LogP contribution is -2.44. The van der Waals surface area contributed by atoms with Crippen LogP contribution in [-0.4, -0.2) is 47.6 Å². The Morgan fingerprint density at radius 1 is 1.19 bits per heavy atom. The maximum absolute atomic E-state index is 6.11. The number of likely N-dealkylation sites (tertiary alicyclic amines) is 1. The summed E-state index contributed by atoms with van der Waals surface area (Å²) in [6.07, 6.45) is 4.82. The lowest BCUT2D eigenvalue weighted by Gasteiger charge is -2.37. The van der Waals surface area contributed by atoms with E-state index < -0.39 is 0 Å². The fourth-order valence-corrected chi connectivity index (χ4v) is 3.20. The van der Waals surface area contributed by atoms with Crippen LogP contribution in [0.4, 0.5) is 11.6 Å². The molecule has 5 nitrogen and oxygen atoms in total. The van der Waals surface area contributed by atoms with Gasteiger partial charge in [0, 0.05) is 37.7 Å². The number of nitrogen functional groups attached to an aromatic ring is 1. The second-order valence-corrected chi connectivity index (χ2v) is 6.47. The molecule has 1 aliphatic heterocycles. The van der Waals surface area contributed by atoms with Crippen molar-refractivity contribution in [1.29, 1.82) is 0 Å². The van der Waals surface area contributed by atoms with E-state index in [1.54, 1.807) is 0 Å². The van der Waals surface area contributed by atoms with E-state index in [1.807, 2.05) is 6.92 Å². The standard InChI is InChI=1S/C16H27N5/c1-4-21-9-7-13(8-10-21)20(3)16-11(2)14(17)18-15(19-16)12-5-6-12/h12-13H,4-10H2,1-3H3,(H2,17,18,19). The first-order valence-electron chi connectivity index (χ1n) is 8.19. The minimum Gasteiger partial charge on any atom is -0.383 e.